The van der Waals surface area contributed by atoms with Crippen LogP contribution in [0.1, 0.15) is 16.1 Å². The Bertz CT molecular complexity index is 586. The molecule has 18 heavy (non-hydrogen) atoms. The van der Waals surface area contributed by atoms with Crippen LogP contribution in [0.15, 0.2) is 29.6 Å². The first kappa shape index (κ1) is 12.6. The van der Waals surface area contributed by atoms with Crippen molar-refractivity contribution < 1.29 is 13.6 Å². The van der Waals surface area contributed by atoms with Crippen molar-refractivity contribution >= 4 is 17.5 Å². The number of halogens is 2. The first-order valence-electron chi connectivity index (χ1n) is 4.85. The number of nitrogens with zero attached hydrogens (tertiary/aromatic N) is 3. The number of pyridine rings is 1. The molecular formula is C11H7F2N3OS. The van der Waals surface area contributed by atoms with Gasteiger partial charge in [0.1, 0.15) is 5.69 Å². The van der Waals surface area contributed by atoms with E-state index in [1.165, 1.54) is 24.0 Å². The molecule has 2 rings (SSSR count). The van der Waals surface area contributed by atoms with Crippen LogP contribution in [0.2, 0.25) is 0 Å². The van der Waals surface area contributed by atoms with E-state index in [0.717, 1.165) is 12.1 Å². The Morgan fingerprint density at radius 3 is 2.50 bits per heavy atom. The zero-order valence-electron chi connectivity index (χ0n) is 9.22. The van der Waals surface area contributed by atoms with Crippen LogP contribution in [0.25, 0.3) is 0 Å². The van der Waals surface area contributed by atoms with Crippen molar-refractivity contribution in [2.24, 2.45) is 0 Å². The van der Waals surface area contributed by atoms with E-state index in [0.29, 0.717) is 5.16 Å². The van der Waals surface area contributed by atoms with Crippen molar-refractivity contribution in [3.8, 4) is 0 Å². The summed E-state index contributed by atoms with van der Waals surface area (Å²) in [6.45, 7) is 0. The number of carbonyl (C=O) groups is 1. The summed E-state index contributed by atoms with van der Waals surface area (Å²) in [5.74, 6) is -2.66. The number of thioether (sulfide) groups is 1. The second kappa shape index (κ2) is 5.18. The molecule has 0 aliphatic heterocycles. The lowest BCUT2D eigenvalue weighted by Gasteiger charge is -2.02. The first-order valence-corrected chi connectivity index (χ1v) is 6.07. The predicted molar refractivity (Wildman–Crippen MR) is 61.4 cm³/mol. The fourth-order valence-electron chi connectivity index (χ4n) is 1.31. The molecule has 0 bridgehead atoms. The fourth-order valence-corrected chi connectivity index (χ4v) is 1.67. The lowest BCUT2D eigenvalue weighted by atomic mass is 10.1. The van der Waals surface area contributed by atoms with Gasteiger partial charge in [-0.2, -0.15) is 13.8 Å². The van der Waals surface area contributed by atoms with Gasteiger partial charge in [-0.05, 0) is 12.3 Å². The minimum absolute atomic E-state index is 0.0827. The molecule has 2 heterocycles. The van der Waals surface area contributed by atoms with Crippen LogP contribution in [-0.2, 0) is 0 Å². The van der Waals surface area contributed by atoms with Crippen molar-refractivity contribution in [2.75, 3.05) is 6.26 Å². The first-order chi connectivity index (χ1) is 8.60. The maximum absolute atomic E-state index is 12.9. The third kappa shape index (κ3) is 2.67. The molecule has 7 heteroatoms. The summed E-state index contributed by atoms with van der Waals surface area (Å²) in [6.07, 6.45) is 3.18. The minimum Gasteiger partial charge on any atom is -0.287 e. The lowest BCUT2D eigenvalue weighted by Crippen LogP contribution is -2.07. The Balaban J connectivity index is 2.41. The topological polar surface area (TPSA) is 55.7 Å². The SMILES string of the molecule is CSc1nccc(C(=O)c2cc(F)nc(F)c2)n1. The average Bonchev–Trinajstić information content (AvgIpc) is 2.37. The summed E-state index contributed by atoms with van der Waals surface area (Å²) >= 11 is 1.27. The third-order valence-electron chi connectivity index (χ3n) is 2.07. The van der Waals surface area contributed by atoms with Crippen molar-refractivity contribution in [1.29, 1.82) is 0 Å². The van der Waals surface area contributed by atoms with E-state index < -0.39 is 17.7 Å². The summed E-state index contributed by atoms with van der Waals surface area (Å²) in [7, 11) is 0. The van der Waals surface area contributed by atoms with Crippen LogP contribution >= 0.6 is 11.8 Å². The molecule has 0 saturated heterocycles. The molecule has 0 aromatic carbocycles. The van der Waals surface area contributed by atoms with Crippen LogP contribution in [0.4, 0.5) is 8.78 Å². The number of carbonyl (C=O) groups excluding carboxylic acids is 1. The minimum atomic E-state index is -1.04. The maximum Gasteiger partial charge on any atom is 0.216 e. The van der Waals surface area contributed by atoms with Gasteiger partial charge in [0.15, 0.2) is 5.16 Å². The molecule has 92 valence electrons. The van der Waals surface area contributed by atoms with Crippen LogP contribution in [0.3, 0.4) is 0 Å². The molecule has 0 radical (unpaired) electrons. The van der Waals surface area contributed by atoms with E-state index in [-0.39, 0.29) is 11.3 Å². The van der Waals surface area contributed by atoms with Gasteiger partial charge in [-0.1, -0.05) is 11.8 Å². The zero-order valence-corrected chi connectivity index (χ0v) is 10.0. The van der Waals surface area contributed by atoms with Crippen LogP contribution in [-0.4, -0.2) is 27.0 Å². The summed E-state index contributed by atoms with van der Waals surface area (Å²) in [5.41, 5.74) is -0.0508. The van der Waals surface area contributed by atoms with Gasteiger partial charge >= 0.3 is 0 Å². The molecule has 2 aromatic heterocycles. The van der Waals surface area contributed by atoms with Crippen molar-refractivity contribution in [2.45, 2.75) is 5.16 Å². The molecular weight excluding hydrogens is 260 g/mol. The number of hydrogen-bond acceptors (Lipinski definition) is 5. The van der Waals surface area contributed by atoms with Gasteiger partial charge in [0.05, 0.1) is 0 Å². The summed E-state index contributed by atoms with van der Waals surface area (Å²) in [6, 6.07) is 3.12. The molecule has 0 saturated carbocycles. The molecule has 0 spiro atoms. The van der Waals surface area contributed by atoms with E-state index in [4.69, 9.17) is 0 Å². The Labute approximate surface area is 105 Å². The van der Waals surface area contributed by atoms with E-state index in [2.05, 4.69) is 15.0 Å². The molecule has 0 amide bonds. The third-order valence-corrected chi connectivity index (χ3v) is 2.64. The molecule has 0 aliphatic rings. The summed E-state index contributed by atoms with van der Waals surface area (Å²) in [4.78, 5) is 22.8. The molecule has 0 fully saturated rings. The van der Waals surface area contributed by atoms with Gasteiger partial charge in [-0.3, -0.25) is 4.79 Å². The van der Waals surface area contributed by atoms with Crippen molar-refractivity contribution in [1.82, 2.24) is 15.0 Å². The van der Waals surface area contributed by atoms with Gasteiger partial charge in [0.2, 0.25) is 17.7 Å². The quantitative estimate of drug-likeness (QED) is 0.369. The van der Waals surface area contributed by atoms with E-state index in [1.807, 2.05) is 0 Å². The highest BCUT2D eigenvalue weighted by Crippen LogP contribution is 2.13. The standard InChI is InChI=1S/C11H7F2N3OS/c1-18-11-14-3-2-7(15-11)10(17)6-4-8(12)16-9(13)5-6/h2-5H,1H3. The van der Waals surface area contributed by atoms with E-state index in [1.54, 1.807) is 6.26 Å². The largest absolute Gasteiger partial charge is 0.287 e. The second-order valence-electron chi connectivity index (χ2n) is 3.26. The van der Waals surface area contributed by atoms with Gasteiger partial charge in [0, 0.05) is 23.9 Å². The summed E-state index contributed by atoms with van der Waals surface area (Å²) in [5, 5.41) is 0.413. The highest BCUT2D eigenvalue weighted by atomic mass is 32.2. The fraction of sp³-hybridized carbons (Fsp3) is 0.0909. The molecule has 0 N–H and O–H groups in total. The normalized spacial score (nSPS) is 10.4. The number of hydrogen-bond donors (Lipinski definition) is 0. The van der Waals surface area contributed by atoms with Gasteiger partial charge in [0.25, 0.3) is 0 Å². The summed E-state index contributed by atoms with van der Waals surface area (Å²) < 4.78 is 25.8. The number of ketones is 1. The molecule has 2 aromatic rings. The molecule has 0 aliphatic carbocycles. The predicted octanol–water partition coefficient (Wildman–Crippen LogP) is 2.10. The Morgan fingerprint density at radius 2 is 1.89 bits per heavy atom. The maximum atomic E-state index is 12.9. The van der Waals surface area contributed by atoms with Crippen LogP contribution in [0.5, 0.6) is 0 Å². The van der Waals surface area contributed by atoms with Crippen LogP contribution < -0.4 is 0 Å². The van der Waals surface area contributed by atoms with Gasteiger partial charge in [-0.25, -0.2) is 9.97 Å². The van der Waals surface area contributed by atoms with Gasteiger partial charge < -0.3 is 0 Å². The number of rotatable bonds is 3. The number of aromatic nitrogens is 3. The zero-order chi connectivity index (χ0) is 13.1. The second-order valence-corrected chi connectivity index (χ2v) is 4.03. The highest BCUT2D eigenvalue weighted by Gasteiger charge is 2.14. The van der Waals surface area contributed by atoms with Crippen molar-refractivity contribution in [3.63, 3.8) is 0 Å². The Hall–Kier alpha value is -1.89. The molecule has 0 atom stereocenters. The Kier molecular flexibility index (Phi) is 3.61. The molecule has 4 nitrogen and oxygen atoms in total. The van der Waals surface area contributed by atoms with E-state index >= 15 is 0 Å². The smallest absolute Gasteiger partial charge is 0.216 e. The van der Waals surface area contributed by atoms with Crippen molar-refractivity contribution in [3.05, 3.63) is 47.5 Å². The van der Waals surface area contributed by atoms with E-state index in [9.17, 15) is 13.6 Å². The lowest BCUT2D eigenvalue weighted by molar-refractivity contribution is 0.103. The average molecular weight is 267 g/mol. The highest BCUT2D eigenvalue weighted by molar-refractivity contribution is 7.98. The monoisotopic (exact) mass is 267 g/mol. The van der Waals surface area contributed by atoms with Gasteiger partial charge in [-0.15, -0.1) is 0 Å². The molecule has 0 unspecified atom stereocenters. The Morgan fingerprint density at radius 1 is 1.22 bits per heavy atom. The van der Waals surface area contributed by atoms with Crippen LogP contribution in [0, 0.1) is 11.9 Å².